The highest BCUT2D eigenvalue weighted by atomic mass is 19.3. The van der Waals surface area contributed by atoms with Crippen LogP contribution in [-0.4, -0.2) is 21.7 Å². The Balaban J connectivity index is 1.70. The van der Waals surface area contributed by atoms with E-state index in [0.29, 0.717) is 36.2 Å². The summed E-state index contributed by atoms with van der Waals surface area (Å²) in [5.41, 5.74) is 2.12. The van der Waals surface area contributed by atoms with Crippen LogP contribution >= 0.6 is 0 Å². The molecule has 158 valence electrons. The van der Waals surface area contributed by atoms with E-state index in [9.17, 15) is 18.0 Å². The molecule has 1 amide bonds. The number of allylic oxidation sites excluding steroid dienone is 2. The Labute approximate surface area is 171 Å². The molecule has 0 spiro atoms. The van der Waals surface area contributed by atoms with E-state index in [1.165, 1.54) is 10.9 Å². The molecule has 1 aliphatic heterocycles. The smallest absolute Gasteiger partial charge is 0.264 e. The van der Waals surface area contributed by atoms with Crippen molar-refractivity contribution < 1.29 is 18.0 Å². The highest BCUT2D eigenvalue weighted by Gasteiger charge is 2.26. The molecule has 1 aromatic carbocycles. The van der Waals surface area contributed by atoms with Crippen molar-refractivity contribution in [3.05, 3.63) is 59.1 Å². The first-order chi connectivity index (χ1) is 14.3. The van der Waals surface area contributed by atoms with Gasteiger partial charge in [-0.3, -0.25) is 9.48 Å². The molecule has 4 rings (SSSR count). The van der Waals surface area contributed by atoms with Crippen LogP contribution in [0.15, 0.2) is 47.7 Å². The van der Waals surface area contributed by atoms with Crippen LogP contribution in [0.3, 0.4) is 0 Å². The third-order valence-electron chi connectivity index (χ3n) is 5.15. The van der Waals surface area contributed by atoms with Crippen molar-refractivity contribution in [3.8, 4) is 11.1 Å². The minimum absolute atomic E-state index is 0.0528. The first kappa shape index (κ1) is 20.1. The number of nitrogens with one attached hydrogen (secondary N) is 3. The Kier molecular flexibility index (Phi) is 5.27. The number of anilines is 1. The molecule has 0 fully saturated rings. The van der Waals surface area contributed by atoms with Crippen molar-refractivity contribution in [2.45, 2.75) is 38.7 Å². The van der Waals surface area contributed by atoms with E-state index in [2.05, 4.69) is 21.0 Å². The van der Waals surface area contributed by atoms with Crippen molar-refractivity contribution in [2.24, 2.45) is 7.05 Å². The van der Waals surface area contributed by atoms with Gasteiger partial charge in [0, 0.05) is 42.5 Å². The maximum atomic E-state index is 14.9. The molecule has 0 bridgehead atoms. The van der Waals surface area contributed by atoms with Crippen molar-refractivity contribution in [1.29, 1.82) is 0 Å². The summed E-state index contributed by atoms with van der Waals surface area (Å²) in [5, 5.41) is 13.1. The van der Waals surface area contributed by atoms with E-state index in [0.717, 1.165) is 17.8 Å². The molecular weight excluding hydrogens is 395 g/mol. The molecule has 0 radical (unpaired) electrons. The number of halogens is 3. The topological polar surface area (TPSA) is 71.0 Å². The van der Waals surface area contributed by atoms with E-state index in [1.807, 2.05) is 13.0 Å². The van der Waals surface area contributed by atoms with E-state index in [4.69, 9.17) is 0 Å². The quantitative estimate of drug-likeness (QED) is 0.704. The molecule has 3 N–H and O–H groups in total. The van der Waals surface area contributed by atoms with Gasteiger partial charge in [-0.2, -0.15) is 5.10 Å². The second-order valence-corrected chi connectivity index (χ2v) is 7.56. The zero-order valence-corrected chi connectivity index (χ0v) is 16.6. The fourth-order valence-electron chi connectivity index (χ4n) is 3.77. The molecule has 1 aliphatic carbocycles. The minimum Gasteiger partial charge on any atom is -0.379 e. The highest BCUT2D eigenvalue weighted by Crippen LogP contribution is 2.36. The molecule has 2 aromatic rings. The van der Waals surface area contributed by atoms with Crippen molar-refractivity contribution in [2.75, 3.05) is 5.32 Å². The molecular formula is C21H22F3N5O. The maximum Gasteiger partial charge on any atom is 0.264 e. The zero-order chi connectivity index (χ0) is 21.4. The Morgan fingerprint density at radius 2 is 2.13 bits per heavy atom. The van der Waals surface area contributed by atoms with Gasteiger partial charge >= 0.3 is 0 Å². The summed E-state index contributed by atoms with van der Waals surface area (Å²) in [6.45, 7) is 1.87. The monoisotopic (exact) mass is 417 g/mol. The normalized spacial score (nSPS) is 19.1. The second kappa shape index (κ2) is 7.89. The van der Waals surface area contributed by atoms with Gasteiger partial charge in [-0.1, -0.05) is 6.08 Å². The number of benzene rings is 1. The molecule has 1 atom stereocenters. The lowest BCUT2D eigenvalue weighted by atomic mass is 10.0. The number of rotatable bonds is 4. The number of carbonyl (C=O) groups excluding carboxylic acids is 1. The Morgan fingerprint density at radius 1 is 1.33 bits per heavy atom. The standard InChI is InChI=1S/C21H22F3N5O/c1-11-6-19(30)28-17-5-3-4-16(20(17)26-11)27-18-8-14(21(23)24)13(7-15(18)22)12-9-25-29(2)10-12/h4,7-11,21,26-27H,3,5-6H2,1-2H3,(H,28,30)/t11-/m1/s1. The molecule has 9 heteroatoms. The molecule has 30 heavy (non-hydrogen) atoms. The number of hydrogen-bond acceptors (Lipinski definition) is 4. The first-order valence-corrected chi connectivity index (χ1v) is 9.69. The molecule has 2 heterocycles. The molecule has 0 saturated carbocycles. The van der Waals surface area contributed by atoms with Gasteiger partial charge < -0.3 is 16.0 Å². The highest BCUT2D eigenvalue weighted by molar-refractivity contribution is 5.80. The summed E-state index contributed by atoms with van der Waals surface area (Å²) in [7, 11) is 1.66. The average molecular weight is 417 g/mol. The first-order valence-electron chi connectivity index (χ1n) is 9.69. The van der Waals surface area contributed by atoms with Crippen LogP contribution in [0.1, 0.15) is 38.2 Å². The number of amides is 1. The van der Waals surface area contributed by atoms with Crippen LogP contribution in [0, 0.1) is 5.82 Å². The summed E-state index contributed by atoms with van der Waals surface area (Å²) in [6, 6.07) is 2.12. The van der Waals surface area contributed by atoms with Crippen LogP contribution in [0.2, 0.25) is 0 Å². The Hall–Kier alpha value is -3.23. The number of alkyl halides is 2. The molecule has 6 nitrogen and oxygen atoms in total. The van der Waals surface area contributed by atoms with Crippen LogP contribution in [0.5, 0.6) is 0 Å². The van der Waals surface area contributed by atoms with Gasteiger partial charge in [0.2, 0.25) is 5.91 Å². The van der Waals surface area contributed by atoms with Crippen molar-refractivity contribution in [1.82, 2.24) is 20.4 Å². The summed E-state index contributed by atoms with van der Waals surface area (Å²) < 4.78 is 43.9. The zero-order valence-electron chi connectivity index (χ0n) is 16.6. The number of aryl methyl sites for hydroxylation is 1. The number of carbonyl (C=O) groups is 1. The lowest BCUT2D eigenvalue weighted by Gasteiger charge is -2.24. The predicted octanol–water partition coefficient (Wildman–Crippen LogP) is 3.96. The number of aromatic nitrogens is 2. The summed E-state index contributed by atoms with van der Waals surface area (Å²) in [5.74, 6) is -0.745. The summed E-state index contributed by atoms with van der Waals surface area (Å²) >= 11 is 0. The van der Waals surface area contributed by atoms with Crippen LogP contribution in [0.25, 0.3) is 11.1 Å². The SMILES string of the molecule is C[C@@H]1CC(=O)NC2=C(N1)C(Nc1cc(C(F)F)c(-c3cnn(C)c3)cc1F)=CCC2. The van der Waals surface area contributed by atoms with E-state index in [-0.39, 0.29) is 28.8 Å². The van der Waals surface area contributed by atoms with Gasteiger partial charge in [-0.25, -0.2) is 13.2 Å². The number of hydrogen-bond donors (Lipinski definition) is 3. The van der Waals surface area contributed by atoms with E-state index < -0.39 is 12.2 Å². The van der Waals surface area contributed by atoms with Crippen molar-refractivity contribution >= 4 is 11.6 Å². The second-order valence-electron chi connectivity index (χ2n) is 7.56. The third-order valence-corrected chi connectivity index (χ3v) is 5.15. The van der Waals surface area contributed by atoms with Gasteiger partial charge in [-0.05, 0) is 37.5 Å². The summed E-state index contributed by atoms with van der Waals surface area (Å²) in [4.78, 5) is 12.0. The summed E-state index contributed by atoms with van der Waals surface area (Å²) in [6.07, 6.45) is 3.65. The largest absolute Gasteiger partial charge is 0.379 e. The van der Waals surface area contributed by atoms with Gasteiger partial charge in [-0.15, -0.1) is 0 Å². The lowest BCUT2D eigenvalue weighted by Crippen LogP contribution is -2.29. The van der Waals surface area contributed by atoms with Gasteiger partial charge in [0.1, 0.15) is 5.82 Å². The molecule has 2 aliphatic rings. The number of nitrogens with zero attached hydrogens (tertiary/aromatic N) is 2. The average Bonchev–Trinajstić information content (AvgIpc) is 3.04. The van der Waals surface area contributed by atoms with Crippen LogP contribution < -0.4 is 16.0 Å². The fraction of sp³-hybridized carbons (Fsp3) is 0.333. The van der Waals surface area contributed by atoms with Gasteiger partial charge in [0.25, 0.3) is 6.43 Å². The predicted molar refractivity (Wildman–Crippen MR) is 107 cm³/mol. The lowest BCUT2D eigenvalue weighted by molar-refractivity contribution is -0.120. The van der Waals surface area contributed by atoms with Gasteiger partial charge in [0.05, 0.1) is 23.3 Å². The Morgan fingerprint density at radius 3 is 2.83 bits per heavy atom. The van der Waals surface area contributed by atoms with E-state index >= 15 is 0 Å². The van der Waals surface area contributed by atoms with Crippen LogP contribution in [0.4, 0.5) is 18.9 Å². The minimum atomic E-state index is -2.79. The molecule has 0 unspecified atom stereocenters. The maximum absolute atomic E-state index is 14.9. The van der Waals surface area contributed by atoms with Crippen LogP contribution in [-0.2, 0) is 11.8 Å². The van der Waals surface area contributed by atoms with E-state index in [1.54, 1.807) is 13.2 Å². The molecule has 0 saturated heterocycles. The Bertz CT molecular complexity index is 1060. The fourth-order valence-corrected chi connectivity index (χ4v) is 3.77. The van der Waals surface area contributed by atoms with Gasteiger partial charge in [0.15, 0.2) is 0 Å². The molecule has 1 aromatic heterocycles. The van der Waals surface area contributed by atoms with Crippen molar-refractivity contribution in [3.63, 3.8) is 0 Å². The third kappa shape index (κ3) is 3.92.